The summed E-state index contributed by atoms with van der Waals surface area (Å²) in [7, 11) is 1.93. The third kappa shape index (κ3) is 2.46. The molecule has 1 amide bonds. The molecule has 0 radical (unpaired) electrons. The van der Waals surface area contributed by atoms with Crippen LogP contribution in [0.15, 0.2) is 0 Å². The van der Waals surface area contributed by atoms with E-state index in [2.05, 4.69) is 0 Å². The molecule has 0 aromatic rings. The highest BCUT2D eigenvalue weighted by atomic mass is 32.1. The maximum absolute atomic E-state index is 12.4. The van der Waals surface area contributed by atoms with Crippen LogP contribution in [-0.2, 0) is 4.79 Å². The average Bonchev–Trinajstić information content (AvgIpc) is 3.11. The van der Waals surface area contributed by atoms with Crippen molar-refractivity contribution in [2.75, 3.05) is 7.05 Å². The average molecular weight is 254 g/mol. The van der Waals surface area contributed by atoms with Crippen LogP contribution in [0.5, 0.6) is 0 Å². The van der Waals surface area contributed by atoms with Crippen molar-refractivity contribution in [1.29, 1.82) is 0 Å². The van der Waals surface area contributed by atoms with Crippen molar-refractivity contribution in [3.8, 4) is 0 Å². The highest BCUT2D eigenvalue weighted by Gasteiger charge is 2.54. The van der Waals surface area contributed by atoms with E-state index in [1.54, 1.807) is 0 Å². The maximum atomic E-state index is 12.4. The van der Waals surface area contributed by atoms with Crippen LogP contribution in [0.2, 0.25) is 0 Å². The van der Waals surface area contributed by atoms with Gasteiger partial charge in [0.1, 0.15) is 0 Å². The summed E-state index contributed by atoms with van der Waals surface area (Å²) in [4.78, 5) is 14.8. The Morgan fingerprint density at radius 1 is 1.24 bits per heavy atom. The summed E-state index contributed by atoms with van der Waals surface area (Å²) in [5.74, 6) is 0.164. The second-order valence-electron chi connectivity index (χ2n) is 5.51. The number of rotatable bonds is 3. The predicted octanol–water partition coefficient (Wildman–Crippen LogP) is 2.23. The first-order chi connectivity index (χ1) is 8.08. The number of nitrogens with zero attached hydrogens (tertiary/aromatic N) is 1. The molecule has 96 valence electrons. The van der Waals surface area contributed by atoms with Gasteiger partial charge in [0.15, 0.2) is 0 Å². The summed E-state index contributed by atoms with van der Waals surface area (Å²) in [6, 6.07) is 0.400. The van der Waals surface area contributed by atoms with E-state index in [0.29, 0.717) is 11.0 Å². The molecule has 0 aromatic carbocycles. The molecule has 2 saturated carbocycles. The van der Waals surface area contributed by atoms with E-state index in [0.717, 1.165) is 25.7 Å². The Hall–Kier alpha value is -0.640. The number of nitrogens with two attached hydrogens (primary N) is 1. The first-order valence-corrected chi connectivity index (χ1v) is 7.06. The quantitative estimate of drug-likeness (QED) is 0.620. The lowest BCUT2D eigenvalue weighted by Gasteiger charge is -2.30. The Kier molecular flexibility index (Phi) is 3.71. The Morgan fingerprint density at radius 3 is 2.18 bits per heavy atom. The molecule has 3 nitrogen and oxygen atoms in total. The van der Waals surface area contributed by atoms with Crippen LogP contribution >= 0.6 is 12.2 Å². The normalized spacial score (nSPS) is 23.8. The molecular weight excluding hydrogens is 232 g/mol. The molecular formula is C13H22N2OS. The Morgan fingerprint density at radius 2 is 1.76 bits per heavy atom. The highest BCUT2D eigenvalue weighted by Crippen LogP contribution is 2.48. The molecule has 0 aliphatic heterocycles. The first-order valence-electron chi connectivity index (χ1n) is 6.65. The molecule has 2 rings (SSSR count). The summed E-state index contributed by atoms with van der Waals surface area (Å²) in [6.45, 7) is 0. The van der Waals surface area contributed by atoms with Gasteiger partial charge in [0.2, 0.25) is 5.91 Å². The summed E-state index contributed by atoms with van der Waals surface area (Å²) in [5.41, 5.74) is 5.24. The van der Waals surface area contributed by atoms with Gasteiger partial charge in [-0.3, -0.25) is 4.79 Å². The van der Waals surface area contributed by atoms with Gasteiger partial charge in [-0.15, -0.1) is 0 Å². The number of amides is 1. The van der Waals surface area contributed by atoms with Crippen molar-refractivity contribution >= 4 is 23.1 Å². The number of hydrogen-bond donors (Lipinski definition) is 1. The van der Waals surface area contributed by atoms with Crippen molar-refractivity contribution in [3.63, 3.8) is 0 Å². The van der Waals surface area contributed by atoms with Crippen molar-refractivity contribution < 1.29 is 4.79 Å². The monoisotopic (exact) mass is 254 g/mol. The molecule has 0 spiro atoms. The van der Waals surface area contributed by atoms with Gasteiger partial charge < -0.3 is 10.6 Å². The largest absolute Gasteiger partial charge is 0.392 e. The van der Waals surface area contributed by atoms with Crippen molar-refractivity contribution in [1.82, 2.24) is 4.90 Å². The van der Waals surface area contributed by atoms with Crippen LogP contribution in [0, 0.1) is 5.41 Å². The number of thiocarbonyl (C=S) groups is 1. The lowest BCUT2D eigenvalue weighted by molar-refractivity contribution is -0.135. The van der Waals surface area contributed by atoms with Gasteiger partial charge in [-0.05, 0) is 25.7 Å². The SMILES string of the molecule is CN(C(=O)C1(C(N)=S)CC1)C1CCCCCC1. The molecule has 2 aliphatic rings. The van der Waals surface area contributed by atoms with Gasteiger partial charge in [-0.2, -0.15) is 0 Å². The third-order valence-electron chi connectivity index (χ3n) is 4.32. The number of hydrogen-bond acceptors (Lipinski definition) is 2. The van der Waals surface area contributed by atoms with E-state index < -0.39 is 5.41 Å². The van der Waals surface area contributed by atoms with E-state index in [1.807, 2.05) is 11.9 Å². The fourth-order valence-corrected chi connectivity index (χ4v) is 3.13. The Labute approximate surface area is 109 Å². The molecule has 0 unspecified atom stereocenters. The summed E-state index contributed by atoms with van der Waals surface area (Å²) in [6.07, 6.45) is 9.05. The van der Waals surface area contributed by atoms with Crippen LogP contribution in [0.1, 0.15) is 51.4 Å². The zero-order valence-corrected chi connectivity index (χ0v) is 11.4. The van der Waals surface area contributed by atoms with Crippen LogP contribution in [-0.4, -0.2) is 28.9 Å². The fraction of sp³-hybridized carbons (Fsp3) is 0.846. The molecule has 0 atom stereocenters. The highest BCUT2D eigenvalue weighted by molar-refractivity contribution is 7.80. The molecule has 0 aromatic heterocycles. The van der Waals surface area contributed by atoms with Gasteiger partial charge in [0.05, 0.1) is 10.4 Å². The Balaban J connectivity index is 2.01. The topological polar surface area (TPSA) is 46.3 Å². The number of carbonyl (C=O) groups excluding carboxylic acids is 1. The van der Waals surface area contributed by atoms with Crippen LogP contribution < -0.4 is 5.73 Å². The lowest BCUT2D eigenvalue weighted by Crippen LogP contribution is -2.45. The van der Waals surface area contributed by atoms with Crippen molar-refractivity contribution in [2.45, 2.75) is 57.4 Å². The van der Waals surface area contributed by atoms with E-state index in [9.17, 15) is 4.79 Å². The van der Waals surface area contributed by atoms with Crippen molar-refractivity contribution in [3.05, 3.63) is 0 Å². The van der Waals surface area contributed by atoms with Crippen LogP contribution in [0.4, 0.5) is 0 Å². The molecule has 2 fully saturated rings. The lowest BCUT2D eigenvalue weighted by atomic mass is 10.0. The van der Waals surface area contributed by atoms with Crippen LogP contribution in [0.25, 0.3) is 0 Å². The Bertz CT molecular complexity index is 317. The van der Waals surface area contributed by atoms with Gasteiger partial charge >= 0.3 is 0 Å². The van der Waals surface area contributed by atoms with Crippen LogP contribution in [0.3, 0.4) is 0 Å². The van der Waals surface area contributed by atoms with Gasteiger partial charge in [0.25, 0.3) is 0 Å². The second-order valence-corrected chi connectivity index (χ2v) is 5.95. The second kappa shape index (κ2) is 4.92. The first kappa shape index (κ1) is 12.8. The smallest absolute Gasteiger partial charge is 0.235 e. The summed E-state index contributed by atoms with van der Waals surface area (Å²) >= 11 is 5.05. The third-order valence-corrected chi connectivity index (χ3v) is 4.71. The van der Waals surface area contributed by atoms with E-state index in [1.165, 1.54) is 25.7 Å². The van der Waals surface area contributed by atoms with Crippen molar-refractivity contribution in [2.24, 2.45) is 11.1 Å². The molecule has 17 heavy (non-hydrogen) atoms. The number of carbonyl (C=O) groups is 1. The zero-order valence-electron chi connectivity index (χ0n) is 10.6. The van der Waals surface area contributed by atoms with Gasteiger partial charge in [0, 0.05) is 13.1 Å². The minimum absolute atomic E-state index is 0.164. The van der Waals surface area contributed by atoms with E-state index in [4.69, 9.17) is 18.0 Å². The predicted molar refractivity (Wildman–Crippen MR) is 72.7 cm³/mol. The molecule has 0 saturated heterocycles. The van der Waals surface area contributed by atoms with Gasteiger partial charge in [-0.1, -0.05) is 37.9 Å². The molecule has 4 heteroatoms. The standard InChI is InChI=1S/C13H22N2OS/c1-15(10-6-4-2-3-5-7-10)12(16)13(8-9-13)11(14)17/h10H,2-9H2,1H3,(H2,14,17). The molecule has 0 heterocycles. The molecule has 2 aliphatic carbocycles. The van der Waals surface area contributed by atoms with E-state index in [-0.39, 0.29) is 5.91 Å². The zero-order chi connectivity index (χ0) is 12.5. The van der Waals surface area contributed by atoms with E-state index >= 15 is 0 Å². The fourth-order valence-electron chi connectivity index (χ4n) is 2.84. The minimum atomic E-state index is -0.476. The molecule has 0 bridgehead atoms. The molecule has 2 N–H and O–H groups in total. The van der Waals surface area contributed by atoms with Gasteiger partial charge in [-0.25, -0.2) is 0 Å². The summed E-state index contributed by atoms with van der Waals surface area (Å²) in [5, 5.41) is 0. The minimum Gasteiger partial charge on any atom is -0.392 e. The maximum Gasteiger partial charge on any atom is 0.235 e. The summed E-state index contributed by atoms with van der Waals surface area (Å²) < 4.78 is 0.